The molecule has 106 valence electrons. The van der Waals surface area contributed by atoms with Crippen molar-refractivity contribution in [1.82, 2.24) is 9.97 Å². The molecule has 0 bridgehead atoms. The summed E-state index contributed by atoms with van der Waals surface area (Å²) < 4.78 is 0. The molecular formula is C12H21N5O2. The zero-order chi connectivity index (χ0) is 14.4. The van der Waals surface area contributed by atoms with E-state index < -0.39 is 4.92 Å². The molecule has 19 heavy (non-hydrogen) atoms. The minimum atomic E-state index is -0.467. The molecule has 0 aliphatic carbocycles. The van der Waals surface area contributed by atoms with E-state index in [1.807, 2.05) is 13.8 Å². The van der Waals surface area contributed by atoms with E-state index in [-0.39, 0.29) is 17.5 Å². The van der Waals surface area contributed by atoms with Crippen LogP contribution in [0.2, 0.25) is 0 Å². The fourth-order valence-electron chi connectivity index (χ4n) is 1.77. The van der Waals surface area contributed by atoms with Gasteiger partial charge in [0.05, 0.1) is 4.92 Å². The molecule has 0 aliphatic heterocycles. The first-order chi connectivity index (χ1) is 8.99. The first kappa shape index (κ1) is 15.1. The summed E-state index contributed by atoms with van der Waals surface area (Å²) in [6.07, 6.45) is 2.11. The molecule has 0 saturated carbocycles. The van der Waals surface area contributed by atoms with Gasteiger partial charge in [-0.3, -0.25) is 10.1 Å². The van der Waals surface area contributed by atoms with Gasteiger partial charge in [-0.1, -0.05) is 20.8 Å². The number of hydrogen-bond acceptors (Lipinski definition) is 6. The first-order valence-corrected chi connectivity index (χ1v) is 6.51. The SMILES string of the molecule is CCNc1ncc([N+](=O)[O-])c(NC(CC)C(C)C)n1. The van der Waals surface area contributed by atoms with E-state index in [1.54, 1.807) is 0 Å². The highest BCUT2D eigenvalue weighted by Gasteiger charge is 2.21. The van der Waals surface area contributed by atoms with E-state index >= 15 is 0 Å². The van der Waals surface area contributed by atoms with Crippen molar-refractivity contribution in [1.29, 1.82) is 0 Å². The summed E-state index contributed by atoms with van der Waals surface area (Å²) in [4.78, 5) is 18.6. The lowest BCUT2D eigenvalue weighted by Gasteiger charge is -2.21. The quantitative estimate of drug-likeness (QED) is 0.582. The average molecular weight is 267 g/mol. The van der Waals surface area contributed by atoms with Crippen LogP contribution in [0.1, 0.15) is 34.1 Å². The van der Waals surface area contributed by atoms with Gasteiger partial charge in [-0.05, 0) is 19.3 Å². The van der Waals surface area contributed by atoms with Gasteiger partial charge in [-0.25, -0.2) is 4.98 Å². The van der Waals surface area contributed by atoms with Crippen LogP contribution < -0.4 is 10.6 Å². The number of anilines is 2. The molecule has 1 rings (SSSR count). The molecule has 2 N–H and O–H groups in total. The van der Waals surface area contributed by atoms with Gasteiger partial charge in [0.15, 0.2) is 0 Å². The van der Waals surface area contributed by atoms with E-state index in [0.717, 1.165) is 6.42 Å². The molecule has 0 spiro atoms. The highest BCUT2D eigenvalue weighted by Crippen LogP contribution is 2.24. The topological polar surface area (TPSA) is 93.0 Å². The van der Waals surface area contributed by atoms with Gasteiger partial charge in [0.25, 0.3) is 0 Å². The number of nitrogens with one attached hydrogen (secondary N) is 2. The van der Waals surface area contributed by atoms with Crippen molar-refractivity contribution in [2.45, 2.75) is 40.2 Å². The van der Waals surface area contributed by atoms with Gasteiger partial charge in [0.2, 0.25) is 11.8 Å². The largest absolute Gasteiger partial charge is 0.361 e. The van der Waals surface area contributed by atoms with Crippen molar-refractivity contribution in [3.05, 3.63) is 16.3 Å². The van der Waals surface area contributed by atoms with Crippen LogP contribution in [0, 0.1) is 16.0 Å². The van der Waals surface area contributed by atoms with Crippen molar-refractivity contribution < 1.29 is 4.92 Å². The van der Waals surface area contributed by atoms with Crippen LogP contribution >= 0.6 is 0 Å². The maximum absolute atomic E-state index is 11.0. The van der Waals surface area contributed by atoms with E-state index in [1.165, 1.54) is 6.20 Å². The fourth-order valence-corrected chi connectivity index (χ4v) is 1.77. The summed E-state index contributed by atoms with van der Waals surface area (Å²) in [5.41, 5.74) is -0.0965. The van der Waals surface area contributed by atoms with Crippen molar-refractivity contribution >= 4 is 17.5 Å². The molecule has 0 amide bonds. The Morgan fingerprint density at radius 3 is 2.58 bits per heavy atom. The Bertz CT molecular complexity index is 436. The van der Waals surface area contributed by atoms with E-state index in [4.69, 9.17) is 0 Å². The minimum absolute atomic E-state index is 0.0965. The van der Waals surface area contributed by atoms with Gasteiger partial charge < -0.3 is 10.6 Å². The summed E-state index contributed by atoms with van der Waals surface area (Å²) >= 11 is 0. The maximum Gasteiger partial charge on any atom is 0.329 e. The molecule has 1 atom stereocenters. The lowest BCUT2D eigenvalue weighted by Crippen LogP contribution is -2.26. The van der Waals surface area contributed by atoms with Crippen molar-refractivity contribution in [3.63, 3.8) is 0 Å². The van der Waals surface area contributed by atoms with Gasteiger partial charge in [0.1, 0.15) is 6.20 Å². The molecule has 1 unspecified atom stereocenters. The molecule has 7 heteroatoms. The monoisotopic (exact) mass is 267 g/mol. The molecule has 1 aromatic rings. The lowest BCUT2D eigenvalue weighted by atomic mass is 10.0. The summed E-state index contributed by atoms with van der Waals surface area (Å²) in [6.45, 7) is 8.76. The molecule has 0 radical (unpaired) electrons. The van der Waals surface area contributed by atoms with Gasteiger partial charge in [-0.2, -0.15) is 4.98 Å². The van der Waals surface area contributed by atoms with Crippen LogP contribution in [0.5, 0.6) is 0 Å². The van der Waals surface area contributed by atoms with Crippen LogP contribution in [-0.4, -0.2) is 27.5 Å². The predicted octanol–water partition coefficient (Wildman–Crippen LogP) is 2.66. The molecule has 0 fully saturated rings. The summed E-state index contributed by atoms with van der Waals surface area (Å²) in [7, 11) is 0. The van der Waals surface area contributed by atoms with E-state index in [0.29, 0.717) is 18.4 Å². The summed E-state index contributed by atoms with van der Waals surface area (Å²) in [5, 5.41) is 17.1. The third kappa shape index (κ3) is 4.04. The number of nitro groups is 1. The second-order valence-electron chi connectivity index (χ2n) is 4.62. The molecule has 0 aromatic carbocycles. The molecule has 7 nitrogen and oxygen atoms in total. The third-order valence-corrected chi connectivity index (χ3v) is 2.87. The molecule has 0 aliphatic rings. The van der Waals surface area contributed by atoms with Crippen LogP contribution in [0.25, 0.3) is 0 Å². The number of aromatic nitrogens is 2. The Morgan fingerprint density at radius 2 is 2.11 bits per heavy atom. The molecule has 1 aromatic heterocycles. The molecular weight excluding hydrogens is 246 g/mol. The van der Waals surface area contributed by atoms with Crippen molar-refractivity contribution in [2.24, 2.45) is 5.92 Å². The second-order valence-corrected chi connectivity index (χ2v) is 4.62. The van der Waals surface area contributed by atoms with Gasteiger partial charge in [-0.15, -0.1) is 0 Å². The van der Waals surface area contributed by atoms with Crippen LogP contribution in [0.15, 0.2) is 6.20 Å². The Hall–Kier alpha value is -1.92. The summed E-state index contributed by atoms with van der Waals surface area (Å²) in [6, 6.07) is 0.142. The van der Waals surface area contributed by atoms with Gasteiger partial charge >= 0.3 is 5.69 Å². The van der Waals surface area contributed by atoms with Crippen molar-refractivity contribution in [3.8, 4) is 0 Å². The Labute approximate surface area is 113 Å². The number of hydrogen-bond donors (Lipinski definition) is 2. The molecule has 1 heterocycles. The van der Waals surface area contributed by atoms with Crippen LogP contribution in [-0.2, 0) is 0 Å². The Kier molecular flexibility index (Phi) is 5.47. The second kappa shape index (κ2) is 6.86. The number of nitrogens with zero attached hydrogens (tertiary/aromatic N) is 3. The number of rotatable bonds is 7. The average Bonchev–Trinajstić information content (AvgIpc) is 2.35. The normalized spacial score (nSPS) is 12.3. The zero-order valence-electron chi connectivity index (χ0n) is 11.8. The summed E-state index contributed by atoms with van der Waals surface area (Å²) in [5.74, 6) is 1.04. The lowest BCUT2D eigenvalue weighted by molar-refractivity contribution is -0.384. The Balaban J connectivity index is 3.06. The first-order valence-electron chi connectivity index (χ1n) is 6.51. The van der Waals surface area contributed by atoms with Crippen LogP contribution in [0.3, 0.4) is 0 Å². The predicted molar refractivity (Wildman–Crippen MR) is 75.4 cm³/mol. The smallest absolute Gasteiger partial charge is 0.329 e. The van der Waals surface area contributed by atoms with E-state index in [2.05, 4.69) is 34.4 Å². The fraction of sp³-hybridized carbons (Fsp3) is 0.667. The minimum Gasteiger partial charge on any atom is -0.361 e. The Morgan fingerprint density at radius 1 is 1.42 bits per heavy atom. The third-order valence-electron chi connectivity index (χ3n) is 2.87. The van der Waals surface area contributed by atoms with Crippen molar-refractivity contribution in [2.75, 3.05) is 17.2 Å². The molecule has 0 saturated heterocycles. The standard InChI is InChI=1S/C12H21N5O2/c1-5-9(8(3)4)15-11-10(17(18)19)7-14-12(16-11)13-6-2/h7-9H,5-6H2,1-4H3,(H2,13,14,15,16). The highest BCUT2D eigenvalue weighted by molar-refractivity contribution is 5.57. The highest BCUT2D eigenvalue weighted by atomic mass is 16.6. The maximum atomic E-state index is 11.0. The van der Waals surface area contributed by atoms with Gasteiger partial charge in [0, 0.05) is 12.6 Å². The zero-order valence-corrected chi connectivity index (χ0v) is 11.8. The van der Waals surface area contributed by atoms with E-state index in [9.17, 15) is 10.1 Å². The van der Waals surface area contributed by atoms with Crippen LogP contribution in [0.4, 0.5) is 17.5 Å².